The molecule has 3 rings (SSSR count). The van der Waals surface area contributed by atoms with Crippen LogP contribution in [0.15, 0.2) is 60.7 Å². The number of amides is 2. The van der Waals surface area contributed by atoms with Crippen molar-refractivity contribution in [1.82, 2.24) is 4.90 Å². The Bertz CT molecular complexity index is 900. The number of methoxy groups -OCH3 is 1. The number of hydrogen-bond donors (Lipinski definition) is 1. The molecule has 0 radical (unpaired) electrons. The van der Waals surface area contributed by atoms with E-state index in [2.05, 4.69) is 5.32 Å². The summed E-state index contributed by atoms with van der Waals surface area (Å²) >= 11 is 0. The number of nitrogens with zero attached hydrogens (tertiary/aromatic N) is 1. The molecule has 0 bridgehead atoms. The van der Waals surface area contributed by atoms with Gasteiger partial charge < -0.3 is 15.0 Å². The lowest BCUT2D eigenvalue weighted by Gasteiger charge is -2.30. The molecule has 0 aromatic heterocycles. The number of anilines is 1. The van der Waals surface area contributed by atoms with E-state index in [1.807, 2.05) is 30.3 Å². The third kappa shape index (κ3) is 5.54. The van der Waals surface area contributed by atoms with Crippen molar-refractivity contribution in [1.29, 1.82) is 0 Å². The first-order valence-corrected chi connectivity index (χ1v) is 9.58. The zero-order valence-corrected chi connectivity index (χ0v) is 16.3. The number of hydrogen-bond acceptors (Lipinski definition) is 4. The molecule has 29 heavy (non-hydrogen) atoms. The van der Waals surface area contributed by atoms with E-state index in [-0.39, 0.29) is 17.7 Å². The number of esters is 1. The average molecular weight is 392 g/mol. The zero-order chi connectivity index (χ0) is 20.6. The summed E-state index contributed by atoms with van der Waals surface area (Å²) in [5, 5.41) is 2.86. The minimum Gasteiger partial charge on any atom is -0.465 e. The molecular formula is C23H24N2O4. The lowest BCUT2D eigenvalue weighted by molar-refractivity contribution is -0.130. The third-order valence-corrected chi connectivity index (χ3v) is 4.95. The first kappa shape index (κ1) is 20.3. The Morgan fingerprint density at radius 2 is 1.76 bits per heavy atom. The van der Waals surface area contributed by atoms with Crippen LogP contribution < -0.4 is 5.32 Å². The molecule has 2 aromatic rings. The molecule has 150 valence electrons. The molecule has 0 spiro atoms. The summed E-state index contributed by atoms with van der Waals surface area (Å²) in [6.45, 7) is 1.08. The predicted molar refractivity (Wildman–Crippen MR) is 111 cm³/mol. The summed E-state index contributed by atoms with van der Waals surface area (Å²) in [5.74, 6) is -0.757. The Balaban J connectivity index is 1.51. The number of piperidine rings is 1. The standard InChI is InChI=1S/C23H24N2O4/c1-29-23(28)19-8-5-9-20(16-19)24-22(27)18-12-14-25(15-13-18)21(26)11-10-17-6-3-2-4-7-17/h2-11,16,18H,12-15H2,1H3,(H,24,27)/b11-10+. The fraction of sp³-hybridized carbons (Fsp3) is 0.261. The summed E-state index contributed by atoms with van der Waals surface area (Å²) < 4.78 is 4.70. The van der Waals surface area contributed by atoms with E-state index in [1.165, 1.54) is 7.11 Å². The summed E-state index contributed by atoms with van der Waals surface area (Å²) in [7, 11) is 1.32. The smallest absolute Gasteiger partial charge is 0.337 e. The normalized spacial score (nSPS) is 14.6. The van der Waals surface area contributed by atoms with Gasteiger partial charge in [-0.2, -0.15) is 0 Å². The van der Waals surface area contributed by atoms with E-state index in [1.54, 1.807) is 41.3 Å². The number of carbonyl (C=O) groups excluding carboxylic acids is 3. The molecule has 0 saturated carbocycles. The molecule has 1 heterocycles. The highest BCUT2D eigenvalue weighted by molar-refractivity contribution is 5.96. The highest BCUT2D eigenvalue weighted by atomic mass is 16.5. The Kier molecular flexibility index (Phi) is 6.79. The van der Waals surface area contributed by atoms with Crippen molar-refractivity contribution in [2.45, 2.75) is 12.8 Å². The molecule has 1 aliphatic rings. The van der Waals surface area contributed by atoms with Crippen LogP contribution in [-0.2, 0) is 14.3 Å². The summed E-state index contributed by atoms with van der Waals surface area (Å²) in [6, 6.07) is 16.3. The van der Waals surface area contributed by atoms with Gasteiger partial charge in [0.25, 0.3) is 0 Å². The van der Waals surface area contributed by atoms with Crippen LogP contribution in [0.25, 0.3) is 6.08 Å². The first-order valence-electron chi connectivity index (χ1n) is 9.58. The minimum absolute atomic E-state index is 0.0431. The highest BCUT2D eigenvalue weighted by Crippen LogP contribution is 2.20. The van der Waals surface area contributed by atoms with Crippen molar-refractivity contribution >= 4 is 29.5 Å². The second-order valence-electron chi connectivity index (χ2n) is 6.91. The summed E-state index contributed by atoms with van der Waals surface area (Å²) in [5.41, 5.74) is 1.92. The van der Waals surface area contributed by atoms with Crippen LogP contribution in [0.5, 0.6) is 0 Å². The van der Waals surface area contributed by atoms with Crippen LogP contribution in [-0.4, -0.2) is 42.9 Å². The Hall–Kier alpha value is -3.41. The van der Waals surface area contributed by atoms with Gasteiger partial charge in [-0.05, 0) is 42.7 Å². The van der Waals surface area contributed by atoms with Crippen LogP contribution in [0.1, 0.15) is 28.8 Å². The van der Waals surface area contributed by atoms with Crippen LogP contribution in [0.3, 0.4) is 0 Å². The third-order valence-electron chi connectivity index (χ3n) is 4.95. The number of benzene rings is 2. The monoisotopic (exact) mass is 392 g/mol. The van der Waals surface area contributed by atoms with Crippen LogP contribution in [0.4, 0.5) is 5.69 Å². The maximum atomic E-state index is 12.6. The van der Waals surface area contributed by atoms with Gasteiger partial charge in [-0.3, -0.25) is 9.59 Å². The Morgan fingerprint density at radius 1 is 1.03 bits per heavy atom. The van der Waals surface area contributed by atoms with Gasteiger partial charge in [-0.25, -0.2) is 4.79 Å². The average Bonchev–Trinajstić information content (AvgIpc) is 2.78. The molecule has 1 saturated heterocycles. The number of ether oxygens (including phenoxy) is 1. The lowest BCUT2D eigenvalue weighted by Crippen LogP contribution is -2.40. The van der Waals surface area contributed by atoms with Crippen molar-refractivity contribution in [2.24, 2.45) is 5.92 Å². The molecule has 2 amide bonds. The molecule has 1 fully saturated rings. The lowest BCUT2D eigenvalue weighted by atomic mass is 9.95. The zero-order valence-electron chi connectivity index (χ0n) is 16.3. The molecule has 1 N–H and O–H groups in total. The van der Waals surface area contributed by atoms with Gasteiger partial charge in [-0.15, -0.1) is 0 Å². The molecule has 6 heteroatoms. The maximum Gasteiger partial charge on any atom is 0.337 e. The van der Waals surface area contributed by atoms with Crippen molar-refractivity contribution in [3.63, 3.8) is 0 Å². The van der Waals surface area contributed by atoms with Gasteiger partial charge in [0.15, 0.2) is 0 Å². The van der Waals surface area contributed by atoms with Crippen LogP contribution in [0.2, 0.25) is 0 Å². The second kappa shape index (κ2) is 9.68. The van der Waals surface area contributed by atoms with Crippen LogP contribution >= 0.6 is 0 Å². The van der Waals surface area contributed by atoms with Gasteiger partial charge in [0, 0.05) is 30.8 Å². The predicted octanol–water partition coefficient (Wildman–Crippen LogP) is 3.36. The largest absolute Gasteiger partial charge is 0.465 e. The van der Waals surface area contributed by atoms with E-state index in [4.69, 9.17) is 4.74 Å². The number of rotatable bonds is 5. The van der Waals surface area contributed by atoms with Crippen LogP contribution in [0, 0.1) is 5.92 Å². The van der Waals surface area contributed by atoms with E-state index < -0.39 is 5.97 Å². The summed E-state index contributed by atoms with van der Waals surface area (Å²) in [4.78, 5) is 38.3. The van der Waals surface area contributed by atoms with E-state index in [0.717, 1.165) is 5.56 Å². The summed E-state index contributed by atoms with van der Waals surface area (Å²) in [6.07, 6.45) is 4.59. The highest BCUT2D eigenvalue weighted by Gasteiger charge is 2.26. The second-order valence-corrected chi connectivity index (χ2v) is 6.91. The fourth-order valence-corrected chi connectivity index (χ4v) is 3.29. The SMILES string of the molecule is COC(=O)c1cccc(NC(=O)C2CCN(C(=O)/C=C/c3ccccc3)CC2)c1. The van der Waals surface area contributed by atoms with Crippen molar-refractivity contribution < 1.29 is 19.1 Å². The Morgan fingerprint density at radius 3 is 2.45 bits per heavy atom. The Labute approximate surface area is 170 Å². The van der Waals surface area contributed by atoms with E-state index in [9.17, 15) is 14.4 Å². The molecule has 2 aromatic carbocycles. The maximum absolute atomic E-state index is 12.6. The van der Waals surface area contributed by atoms with Crippen molar-refractivity contribution in [3.05, 3.63) is 71.8 Å². The number of nitrogens with one attached hydrogen (secondary N) is 1. The molecule has 0 unspecified atom stereocenters. The van der Waals surface area contributed by atoms with Gasteiger partial charge >= 0.3 is 5.97 Å². The fourth-order valence-electron chi connectivity index (χ4n) is 3.29. The first-order chi connectivity index (χ1) is 14.1. The minimum atomic E-state index is -0.448. The van der Waals surface area contributed by atoms with Gasteiger partial charge in [0.2, 0.25) is 11.8 Å². The molecule has 1 aliphatic heterocycles. The quantitative estimate of drug-likeness (QED) is 0.625. The molecular weight excluding hydrogens is 368 g/mol. The number of likely N-dealkylation sites (tertiary alicyclic amines) is 1. The topological polar surface area (TPSA) is 75.7 Å². The van der Waals surface area contributed by atoms with Gasteiger partial charge in [-0.1, -0.05) is 36.4 Å². The van der Waals surface area contributed by atoms with Gasteiger partial charge in [0.1, 0.15) is 0 Å². The molecule has 6 nitrogen and oxygen atoms in total. The van der Waals surface area contributed by atoms with Crippen molar-refractivity contribution in [3.8, 4) is 0 Å². The molecule has 0 atom stereocenters. The van der Waals surface area contributed by atoms with E-state index in [0.29, 0.717) is 37.2 Å². The molecule has 0 aliphatic carbocycles. The van der Waals surface area contributed by atoms with Crippen molar-refractivity contribution in [2.75, 3.05) is 25.5 Å². The van der Waals surface area contributed by atoms with E-state index >= 15 is 0 Å². The van der Waals surface area contributed by atoms with Gasteiger partial charge in [0.05, 0.1) is 12.7 Å². The number of carbonyl (C=O) groups is 3.